The molecule has 0 saturated carbocycles. The van der Waals surface area contributed by atoms with Crippen LogP contribution in [0.5, 0.6) is 5.75 Å². The number of carbonyl (C=O) groups excluding carboxylic acids is 1. The summed E-state index contributed by atoms with van der Waals surface area (Å²) < 4.78 is 7.07. The van der Waals surface area contributed by atoms with E-state index in [0.717, 1.165) is 17.9 Å². The van der Waals surface area contributed by atoms with Crippen molar-refractivity contribution in [3.63, 3.8) is 0 Å². The molecule has 3 rings (SSSR count). The van der Waals surface area contributed by atoms with Gasteiger partial charge >= 0.3 is 0 Å². The Balaban J connectivity index is 1.71. The van der Waals surface area contributed by atoms with Crippen LogP contribution in [-0.4, -0.2) is 40.6 Å². The standard InChI is InChI=1S/C21H23N3O2/c1-16(13-17-7-9-20(26-3)10-8-17)23(2)21(25)18-5-4-6-19(14-18)24-12-11-22-15-24/h4-12,14-16H,13H2,1-3H3. The molecule has 26 heavy (non-hydrogen) atoms. The number of rotatable bonds is 6. The molecule has 2 aromatic carbocycles. The molecule has 1 amide bonds. The van der Waals surface area contributed by atoms with Gasteiger partial charge < -0.3 is 14.2 Å². The molecule has 1 aromatic heterocycles. The first-order chi connectivity index (χ1) is 12.6. The molecule has 5 heteroatoms. The van der Waals surface area contributed by atoms with Gasteiger partial charge in [0.25, 0.3) is 5.91 Å². The summed E-state index contributed by atoms with van der Waals surface area (Å²) in [4.78, 5) is 18.7. The van der Waals surface area contributed by atoms with Gasteiger partial charge in [-0.05, 0) is 49.2 Å². The molecule has 5 nitrogen and oxygen atoms in total. The third-order valence-corrected chi connectivity index (χ3v) is 4.57. The highest BCUT2D eigenvalue weighted by Crippen LogP contribution is 2.17. The number of hydrogen-bond acceptors (Lipinski definition) is 3. The molecule has 0 aliphatic carbocycles. The second kappa shape index (κ2) is 7.87. The largest absolute Gasteiger partial charge is 0.497 e. The minimum Gasteiger partial charge on any atom is -0.497 e. The van der Waals surface area contributed by atoms with Crippen molar-refractivity contribution >= 4 is 5.91 Å². The highest BCUT2D eigenvalue weighted by Gasteiger charge is 2.18. The van der Waals surface area contributed by atoms with Crippen LogP contribution in [0.15, 0.2) is 67.3 Å². The van der Waals surface area contributed by atoms with Crippen molar-refractivity contribution in [3.8, 4) is 11.4 Å². The molecule has 0 fully saturated rings. The highest BCUT2D eigenvalue weighted by molar-refractivity contribution is 5.94. The average molecular weight is 349 g/mol. The summed E-state index contributed by atoms with van der Waals surface area (Å²) in [5.41, 5.74) is 2.76. The molecule has 3 aromatic rings. The van der Waals surface area contributed by atoms with E-state index in [1.54, 1.807) is 24.5 Å². The predicted octanol–water partition coefficient (Wildman–Crippen LogP) is 3.58. The number of aromatic nitrogens is 2. The zero-order chi connectivity index (χ0) is 18.5. The molecule has 0 spiro atoms. The number of nitrogens with zero attached hydrogens (tertiary/aromatic N) is 3. The molecule has 0 saturated heterocycles. The van der Waals surface area contributed by atoms with Crippen molar-refractivity contribution in [2.24, 2.45) is 0 Å². The van der Waals surface area contributed by atoms with Crippen molar-refractivity contribution in [1.29, 1.82) is 0 Å². The van der Waals surface area contributed by atoms with Crippen LogP contribution in [0.2, 0.25) is 0 Å². The van der Waals surface area contributed by atoms with E-state index >= 15 is 0 Å². The van der Waals surface area contributed by atoms with Crippen LogP contribution >= 0.6 is 0 Å². The smallest absolute Gasteiger partial charge is 0.253 e. The SMILES string of the molecule is COc1ccc(CC(C)N(C)C(=O)c2cccc(-n3ccnc3)c2)cc1. The molecule has 0 aliphatic rings. The van der Waals surface area contributed by atoms with Gasteiger partial charge in [0.05, 0.1) is 13.4 Å². The van der Waals surface area contributed by atoms with Gasteiger partial charge in [0, 0.05) is 36.7 Å². The number of imidazole rings is 1. The number of benzene rings is 2. The molecule has 0 N–H and O–H groups in total. The van der Waals surface area contributed by atoms with Crippen molar-refractivity contribution in [3.05, 3.63) is 78.4 Å². The summed E-state index contributed by atoms with van der Waals surface area (Å²) in [6.07, 6.45) is 6.09. The van der Waals surface area contributed by atoms with Crippen molar-refractivity contribution in [2.75, 3.05) is 14.2 Å². The molecule has 0 aliphatic heterocycles. The Morgan fingerprint density at radius 3 is 2.65 bits per heavy atom. The minimum atomic E-state index is 0.00739. The molecule has 0 radical (unpaired) electrons. The molecular weight excluding hydrogens is 326 g/mol. The Hall–Kier alpha value is -3.08. The van der Waals surface area contributed by atoms with Crippen LogP contribution < -0.4 is 4.74 Å². The summed E-state index contributed by atoms with van der Waals surface area (Å²) in [6, 6.07) is 15.6. The first-order valence-electron chi connectivity index (χ1n) is 8.57. The summed E-state index contributed by atoms with van der Waals surface area (Å²) >= 11 is 0. The van der Waals surface area contributed by atoms with Crippen molar-refractivity contribution in [1.82, 2.24) is 14.5 Å². The number of hydrogen-bond donors (Lipinski definition) is 0. The molecule has 1 unspecified atom stereocenters. The van der Waals surface area contributed by atoms with E-state index < -0.39 is 0 Å². The van der Waals surface area contributed by atoms with Gasteiger partial charge in [-0.2, -0.15) is 0 Å². The van der Waals surface area contributed by atoms with Crippen LogP contribution in [0.1, 0.15) is 22.8 Å². The number of likely N-dealkylation sites (N-methyl/N-ethyl adjacent to an activating group) is 1. The van der Waals surface area contributed by atoms with Crippen molar-refractivity contribution < 1.29 is 9.53 Å². The molecular formula is C21H23N3O2. The van der Waals surface area contributed by atoms with Gasteiger partial charge in [-0.25, -0.2) is 4.98 Å². The minimum absolute atomic E-state index is 0.00739. The normalized spacial score (nSPS) is 11.8. The Morgan fingerprint density at radius 2 is 2.00 bits per heavy atom. The van der Waals surface area contributed by atoms with Gasteiger partial charge in [0.15, 0.2) is 0 Å². The number of methoxy groups -OCH3 is 1. The van der Waals surface area contributed by atoms with E-state index in [-0.39, 0.29) is 11.9 Å². The van der Waals surface area contributed by atoms with E-state index in [0.29, 0.717) is 5.56 Å². The van der Waals surface area contributed by atoms with Gasteiger partial charge in [-0.3, -0.25) is 4.79 Å². The van der Waals surface area contributed by atoms with Gasteiger partial charge in [0.2, 0.25) is 0 Å². The number of ether oxygens (including phenoxy) is 1. The maximum absolute atomic E-state index is 12.9. The third kappa shape index (κ3) is 3.94. The van der Waals surface area contributed by atoms with Crippen LogP contribution in [0.25, 0.3) is 5.69 Å². The zero-order valence-electron chi connectivity index (χ0n) is 15.3. The lowest BCUT2D eigenvalue weighted by molar-refractivity contribution is 0.0743. The maximum Gasteiger partial charge on any atom is 0.253 e. The monoisotopic (exact) mass is 349 g/mol. The second-order valence-corrected chi connectivity index (χ2v) is 6.34. The fourth-order valence-electron chi connectivity index (χ4n) is 2.85. The Labute approximate surface area is 153 Å². The maximum atomic E-state index is 12.9. The number of carbonyl (C=O) groups is 1. The van der Waals surface area contributed by atoms with Crippen LogP contribution in [0.3, 0.4) is 0 Å². The lowest BCUT2D eigenvalue weighted by atomic mass is 10.0. The lowest BCUT2D eigenvalue weighted by Gasteiger charge is -2.25. The Morgan fingerprint density at radius 1 is 1.23 bits per heavy atom. The fourth-order valence-corrected chi connectivity index (χ4v) is 2.85. The van der Waals surface area contributed by atoms with Crippen LogP contribution in [0.4, 0.5) is 0 Å². The first-order valence-corrected chi connectivity index (χ1v) is 8.57. The van der Waals surface area contributed by atoms with Crippen molar-refractivity contribution in [2.45, 2.75) is 19.4 Å². The Kier molecular flexibility index (Phi) is 5.37. The molecule has 0 bridgehead atoms. The van der Waals surface area contributed by atoms with E-state index in [4.69, 9.17) is 4.74 Å². The van der Waals surface area contributed by atoms with E-state index in [1.165, 1.54) is 5.56 Å². The number of amides is 1. The van der Waals surface area contributed by atoms with Crippen LogP contribution in [-0.2, 0) is 6.42 Å². The average Bonchev–Trinajstić information content (AvgIpc) is 3.22. The molecule has 134 valence electrons. The van der Waals surface area contributed by atoms with Gasteiger partial charge in [-0.1, -0.05) is 18.2 Å². The summed E-state index contributed by atoms with van der Waals surface area (Å²) in [5, 5.41) is 0. The lowest BCUT2D eigenvalue weighted by Crippen LogP contribution is -2.36. The second-order valence-electron chi connectivity index (χ2n) is 6.34. The van der Waals surface area contributed by atoms with Crippen LogP contribution in [0, 0.1) is 0 Å². The van der Waals surface area contributed by atoms with Gasteiger partial charge in [0.1, 0.15) is 5.75 Å². The third-order valence-electron chi connectivity index (χ3n) is 4.57. The van der Waals surface area contributed by atoms with E-state index in [1.807, 2.05) is 66.3 Å². The van der Waals surface area contributed by atoms with E-state index in [2.05, 4.69) is 11.9 Å². The molecule has 1 heterocycles. The molecule has 1 atom stereocenters. The summed E-state index contributed by atoms with van der Waals surface area (Å²) in [5.74, 6) is 0.843. The fraction of sp³-hybridized carbons (Fsp3) is 0.238. The summed E-state index contributed by atoms with van der Waals surface area (Å²) in [6.45, 7) is 2.06. The quantitative estimate of drug-likeness (QED) is 0.683. The zero-order valence-corrected chi connectivity index (χ0v) is 15.3. The topological polar surface area (TPSA) is 47.4 Å². The first kappa shape index (κ1) is 17.7. The highest BCUT2D eigenvalue weighted by atomic mass is 16.5. The summed E-state index contributed by atoms with van der Waals surface area (Å²) in [7, 11) is 3.50. The Bertz CT molecular complexity index is 857. The van der Waals surface area contributed by atoms with E-state index in [9.17, 15) is 4.79 Å². The predicted molar refractivity (Wildman–Crippen MR) is 102 cm³/mol. The van der Waals surface area contributed by atoms with Gasteiger partial charge in [-0.15, -0.1) is 0 Å².